The highest BCUT2D eigenvalue weighted by Crippen LogP contribution is 2.58. The Morgan fingerprint density at radius 2 is 1.75 bits per heavy atom. The zero-order valence-electron chi connectivity index (χ0n) is 9.44. The Balaban J connectivity index is 2.21. The largest absolute Gasteiger partial charge is 0.378 e. The first kappa shape index (κ1) is 10.5. The second kappa shape index (κ2) is 3.54. The minimum Gasteiger partial charge on any atom is -0.378 e. The number of nitriles is 2. The summed E-state index contributed by atoms with van der Waals surface area (Å²) in [5.74, 6) is 0.0960. The minimum absolute atomic E-state index is 0.0960. The summed E-state index contributed by atoms with van der Waals surface area (Å²) in [6, 6.07) is 12.3. The average Bonchev–Trinajstić information content (AvgIpc) is 3.04. The van der Waals surface area contributed by atoms with Crippen LogP contribution < -0.4 is 4.90 Å². The minimum atomic E-state index is -0.764. The molecule has 0 radical (unpaired) electrons. The van der Waals surface area contributed by atoms with E-state index in [1.54, 1.807) is 0 Å². The first-order valence-electron chi connectivity index (χ1n) is 5.23. The van der Waals surface area contributed by atoms with E-state index in [2.05, 4.69) is 12.1 Å². The van der Waals surface area contributed by atoms with Crippen molar-refractivity contribution in [2.75, 3.05) is 19.0 Å². The summed E-state index contributed by atoms with van der Waals surface area (Å²) in [5.41, 5.74) is 1.46. The summed E-state index contributed by atoms with van der Waals surface area (Å²) in [7, 11) is 3.97. The molecule has 0 aliphatic heterocycles. The molecule has 3 nitrogen and oxygen atoms in total. The Kier molecular flexibility index (Phi) is 2.33. The molecule has 0 saturated heterocycles. The van der Waals surface area contributed by atoms with Gasteiger partial charge in [0.1, 0.15) is 0 Å². The second-order valence-electron chi connectivity index (χ2n) is 4.44. The van der Waals surface area contributed by atoms with Crippen LogP contribution in [0.15, 0.2) is 24.3 Å². The van der Waals surface area contributed by atoms with Crippen molar-refractivity contribution in [2.24, 2.45) is 5.41 Å². The maximum Gasteiger partial charge on any atom is 0.151 e. The van der Waals surface area contributed by atoms with Crippen LogP contribution in [0, 0.1) is 28.1 Å². The van der Waals surface area contributed by atoms with Crippen LogP contribution in [0.4, 0.5) is 5.69 Å². The monoisotopic (exact) mass is 211 g/mol. The summed E-state index contributed by atoms with van der Waals surface area (Å²) < 4.78 is 0. The van der Waals surface area contributed by atoms with Gasteiger partial charge in [-0.3, -0.25) is 0 Å². The lowest BCUT2D eigenvalue weighted by Gasteiger charge is -2.12. The Morgan fingerprint density at radius 3 is 2.12 bits per heavy atom. The SMILES string of the molecule is CN(C)c1ccc(C2CC2(C#N)C#N)cc1. The van der Waals surface area contributed by atoms with Gasteiger partial charge in [-0.15, -0.1) is 0 Å². The van der Waals surface area contributed by atoms with Crippen molar-refractivity contribution in [1.29, 1.82) is 10.5 Å². The fourth-order valence-electron chi connectivity index (χ4n) is 1.94. The molecule has 1 atom stereocenters. The first-order valence-corrected chi connectivity index (χ1v) is 5.23. The summed E-state index contributed by atoms with van der Waals surface area (Å²) in [4.78, 5) is 2.03. The van der Waals surface area contributed by atoms with Gasteiger partial charge in [-0.1, -0.05) is 12.1 Å². The Bertz CT molecular complexity index is 459. The van der Waals surface area contributed by atoms with E-state index in [0.717, 1.165) is 11.3 Å². The van der Waals surface area contributed by atoms with Crippen molar-refractivity contribution in [3.63, 3.8) is 0 Å². The topological polar surface area (TPSA) is 50.8 Å². The molecule has 0 aromatic heterocycles. The summed E-state index contributed by atoms with van der Waals surface area (Å²) >= 11 is 0. The summed E-state index contributed by atoms with van der Waals surface area (Å²) in [6.45, 7) is 0. The summed E-state index contributed by atoms with van der Waals surface area (Å²) in [6.07, 6.45) is 0.668. The van der Waals surface area contributed by atoms with Crippen LogP contribution in [0.25, 0.3) is 0 Å². The standard InChI is InChI=1S/C13H13N3/c1-16(2)11-5-3-10(4-6-11)12-7-13(12,8-14)9-15/h3-6,12H,7H2,1-2H3. The van der Waals surface area contributed by atoms with Crippen molar-refractivity contribution in [3.05, 3.63) is 29.8 Å². The van der Waals surface area contributed by atoms with Crippen LogP contribution in [-0.4, -0.2) is 14.1 Å². The Hall–Kier alpha value is -2.00. The third-order valence-corrected chi connectivity index (χ3v) is 3.17. The Morgan fingerprint density at radius 1 is 1.19 bits per heavy atom. The van der Waals surface area contributed by atoms with Gasteiger partial charge in [-0.05, 0) is 24.1 Å². The maximum absolute atomic E-state index is 8.95. The van der Waals surface area contributed by atoms with E-state index < -0.39 is 5.41 Å². The number of hydrogen-bond acceptors (Lipinski definition) is 3. The van der Waals surface area contributed by atoms with Crippen LogP contribution in [0.3, 0.4) is 0 Å². The van der Waals surface area contributed by atoms with Crippen LogP contribution in [0.1, 0.15) is 17.9 Å². The third kappa shape index (κ3) is 1.51. The maximum atomic E-state index is 8.95. The lowest BCUT2D eigenvalue weighted by atomic mass is 10.0. The highest BCUT2D eigenvalue weighted by atomic mass is 15.1. The molecule has 1 aromatic carbocycles. The lowest BCUT2D eigenvalue weighted by Crippen LogP contribution is -2.08. The van der Waals surface area contributed by atoms with Crippen molar-refractivity contribution in [3.8, 4) is 12.1 Å². The number of nitrogens with zero attached hydrogens (tertiary/aromatic N) is 3. The van der Waals surface area contributed by atoms with Gasteiger partial charge in [0.2, 0.25) is 0 Å². The second-order valence-corrected chi connectivity index (χ2v) is 4.44. The number of rotatable bonds is 2. The predicted octanol–water partition coefficient (Wildman–Crippen LogP) is 2.27. The molecule has 1 saturated carbocycles. The predicted molar refractivity (Wildman–Crippen MR) is 61.8 cm³/mol. The van der Waals surface area contributed by atoms with E-state index in [4.69, 9.17) is 10.5 Å². The van der Waals surface area contributed by atoms with Gasteiger partial charge in [0.05, 0.1) is 12.1 Å². The molecule has 2 rings (SSSR count). The van der Waals surface area contributed by atoms with Crippen LogP contribution in [-0.2, 0) is 0 Å². The molecule has 1 aliphatic carbocycles. The molecule has 1 fully saturated rings. The Labute approximate surface area is 95.5 Å². The van der Waals surface area contributed by atoms with E-state index in [-0.39, 0.29) is 5.92 Å². The number of benzene rings is 1. The fraction of sp³-hybridized carbons (Fsp3) is 0.385. The zero-order valence-corrected chi connectivity index (χ0v) is 9.44. The molecule has 3 heteroatoms. The fourth-order valence-corrected chi connectivity index (χ4v) is 1.94. The lowest BCUT2D eigenvalue weighted by molar-refractivity contribution is 0.841. The molecule has 0 N–H and O–H groups in total. The van der Waals surface area contributed by atoms with Gasteiger partial charge >= 0.3 is 0 Å². The summed E-state index contributed by atoms with van der Waals surface area (Å²) in [5, 5.41) is 17.9. The van der Waals surface area contributed by atoms with Crippen molar-refractivity contribution in [1.82, 2.24) is 0 Å². The van der Waals surface area contributed by atoms with Gasteiger partial charge < -0.3 is 4.90 Å². The smallest absolute Gasteiger partial charge is 0.151 e. The molecule has 1 unspecified atom stereocenters. The van der Waals surface area contributed by atoms with Gasteiger partial charge in [-0.2, -0.15) is 10.5 Å². The van der Waals surface area contributed by atoms with E-state index >= 15 is 0 Å². The molecule has 0 spiro atoms. The number of hydrogen-bond donors (Lipinski definition) is 0. The van der Waals surface area contributed by atoms with E-state index in [9.17, 15) is 0 Å². The van der Waals surface area contributed by atoms with Gasteiger partial charge in [-0.25, -0.2) is 0 Å². The van der Waals surface area contributed by atoms with Crippen LogP contribution in [0.2, 0.25) is 0 Å². The normalized spacial score (nSPS) is 20.6. The highest BCUT2D eigenvalue weighted by molar-refractivity contribution is 5.49. The van der Waals surface area contributed by atoms with Gasteiger partial charge in [0.15, 0.2) is 5.41 Å². The van der Waals surface area contributed by atoms with E-state index in [0.29, 0.717) is 6.42 Å². The van der Waals surface area contributed by atoms with Crippen LogP contribution >= 0.6 is 0 Å². The van der Waals surface area contributed by atoms with Crippen LogP contribution in [0.5, 0.6) is 0 Å². The third-order valence-electron chi connectivity index (χ3n) is 3.17. The van der Waals surface area contributed by atoms with Crippen molar-refractivity contribution in [2.45, 2.75) is 12.3 Å². The molecule has 0 amide bonds. The van der Waals surface area contributed by atoms with Crippen molar-refractivity contribution < 1.29 is 0 Å². The van der Waals surface area contributed by atoms with Gasteiger partial charge in [0, 0.05) is 25.7 Å². The molecule has 16 heavy (non-hydrogen) atoms. The van der Waals surface area contributed by atoms with E-state index in [1.807, 2.05) is 43.3 Å². The van der Waals surface area contributed by atoms with E-state index in [1.165, 1.54) is 0 Å². The zero-order chi connectivity index (χ0) is 11.8. The molecule has 1 aromatic rings. The molecule has 0 bridgehead atoms. The average molecular weight is 211 g/mol. The van der Waals surface area contributed by atoms with Gasteiger partial charge in [0.25, 0.3) is 0 Å². The molecule has 0 heterocycles. The first-order chi connectivity index (χ1) is 7.63. The molecular weight excluding hydrogens is 198 g/mol. The highest BCUT2D eigenvalue weighted by Gasteiger charge is 2.56. The quantitative estimate of drug-likeness (QED) is 0.754. The molecular formula is C13H13N3. The van der Waals surface area contributed by atoms with Crippen molar-refractivity contribution >= 4 is 5.69 Å². The molecule has 1 aliphatic rings. The molecule has 80 valence electrons. The number of anilines is 1.